The molecule has 0 aliphatic rings. The molecule has 1 N–H and O–H groups in total. The van der Waals surface area contributed by atoms with Crippen LogP contribution in [0.4, 0.5) is 13.2 Å². The third kappa shape index (κ3) is 5.75. The number of alkyl halides is 3. The predicted molar refractivity (Wildman–Crippen MR) is 24.6 cm³/mol. The summed E-state index contributed by atoms with van der Waals surface area (Å²) in [7, 11) is 0. The van der Waals surface area contributed by atoms with E-state index in [0.29, 0.717) is 6.54 Å². The summed E-state index contributed by atoms with van der Waals surface area (Å²) in [6.45, 7) is 1.11. The molecule has 0 bridgehead atoms. The van der Waals surface area contributed by atoms with E-state index in [1.54, 1.807) is 6.92 Å². The summed E-state index contributed by atoms with van der Waals surface area (Å²) in [6, 6.07) is 0. The molecule has 0 amide bonds. The highest BCUT2D eigenvalue weighted by atomic mass is 19.4. The number of rotatable bonds is 2. The van der Waals surface area contributed by atoms with E-state index in [4.69, 9.17) is 0 Å². The Morgan fingerprint density at radius 3 is 2.00 bits per heavy atom. The molecule has 8 heavy (non-hydrogen) atoms. The van der Waals surface area contributed by atoms with E-state index >= 15 is 0 Å². The number of hydrogen-bond acceptors (Lipinski definition) is 1. The van der Waals surface area contributed by atoms with Gasteiger partial charge in [0.1, 0.15) is 0 Å². The quantitative estimate of drug-likeness (QED) is 0.586. The molecule has 0 aliphatic heterocycles. The Morgan fingerprint density at radius 2 is 1.88 bits per heavy atom. The zero-order chi connectivity index (χ0) is 6.62. The first-order valence-electron chi connectivity index (χ1n) is 2.33. The first-order valence-corrected chi connectivity index (χ1v) is 2.33. The molecule has 0 spiro atoms. The molecular formula is C4H8F3N. The average molecular weight is 127 g/mol. The lowest BCUT2D eigenvalue weighted by Gasteiger charge is -2.04. The lowest BCUT2D eigenvalue weighted by Crippen LogP contribution is -2.28. The second-order valence-electron chi connectivity index (χ2n) is 1.40. The summed E-state index contributed by atoms with van der Waals surface area (Å²) < 4.78 is 33.5. The van der Waals surface area contributed by atoms with E-state index in [1.807, 2.05) is 0 Å². The maximum Gasteiger partial charge on any atom is 0.401 e. The van der Waals surface area contributed by atoms with Gasteiger partial charge in [-0.3, -0.25) is 0 Å². The molecule has 0 aromatic heterocycles. The van der Waals surface area contributed by atoms with E-state index < -0.39 is 12.7 Å². The first kappa shape index (κ1) is 7.75. The first-order chi connectivity index (χ1) is 3.56. The fraction of sp³-hybridized carbons (Fsp3) is 1.00. The molecule has 0 atom stereocenters. The van der Waals surface area contributed by atoms with Crippen LogP contribution in [-0.2, 0) is 0 Å². The summed E-state index contributed by atoms with van der Waals surface area (Å²) in [5.41, 5.74) is 0. The molecular weight excluding hydrogens is 119 g/mol. The molecule has 0 aliphatic carbocycles. The van der Waals surface area contributed by atoms with Crippen molar-refractivity contribution in [1.82, 2.24) is 5.32 Å². The lowest BCUT2D eigenvalue weighted by atomic mass is 10.6. The number of nitrogens with one attached hydrogen (secondary N) is 1. The topological polar surface area (TPSA) is 12.0 Å². The van der Waals surface area contributed by atoms with E-state index in [-0.39, 0.29) is 0 Å². The van der Waals surface area contributed by atoms with Gasteiger partial charge in [0, 0.05) is 0 Å². The van der Waals surface area contributed by atoms with Gasteiger partial charge in [-0.05, 0) is 6.54 Å². The minimum absolute atomic E-state index is 0.361. The summed E-state index contributed by atoms with van der Waals surface area (Å²) in [5, 5.41) is 2.16. The van der Waals surface area contributed by atoms with Crippen LogP contribution < -0.4 is 5.32 Å². The summed E-state index contributed by atoms with van der Waals surface area (Å²) in [6.07, 6.45) is -4.06. The van der Waals surface area contributed by atoms with Gasteiger partial charge >= 0.3 is 6.18 Å². The minimum Gasteiger partial charge on any atom is -0.309 e. The van der Waals surface area contributed by atoms with Crippen molar-refractivity contribution in [3.63, 3.8) is 0 Å². The summed E-state index contributed by atoms with van der Waals surface area (Å²) in [5.74, 6) is 0. The zero-order valence-electron chi connectivity index (χ0n) is 4.55. The van der Waals surface area contributed by atoms with Crippen molar-refractivity contribution in [2.45, 2.75) is 13.1 Å². The van der Waals surface area contributed by atoms with E-state index in [9.17, 15) is 13.2 Å². The maximum atomic E-state index is 11.2. The van der Waals surface area contributed by atoms with Crippen LogP contribution in [0.1, 0.15) is 6.92 Å². The molecule has 1 nitrogen and oxygen atoms in total. The van der Waals surface area contributed by atoms with E-state index in [0.717, 1.165) is 0 Å². The maximum absolute atomic E-state index is 11.2. The van der Waals surface area contributed by atoms with Gasteiger partial charge in [0.25, 0.3) is 0 Å². The van der Waals surface area contributed by atoms with Crippen LogP contribution in [0.2, 0.25) is 0 Å². The standard InChI is InChI=1S/C4H8F3N/c1-2-8-3-4(5,6)7/h8H,2-3H2,1H3. The van der Waals surface area contributed by atoms with Crippen molar-refractivity contribution in [2.75, 3.05) is 13.1 Å². The van der Waals surface area contributed by atoms with E-state index in [2.05, 4.69) is 5.32 Å². The molecule has 0 heterocycles. The van der Waals surface area contributed by atoms with Crippen molar-refractivity contribution in [2.24, 2.45) is 0 Å². The Kier molecular flexibility index (Phi) is 2.82. The van der Waals surface area contributed by atoms with E-state index in [1.165, 1.54) is 0 Å². The third-order valence-electron chi connectivity index (χ3n) is 0.575. The third-order valence-corrected chi connectivity index (χ3v) is 0.575. The molecule has 0 rings (SSSR count). The number of halogens is 3. The monoisotopic (exact) mass is 127 g/mol. The lowest BCUT2D eigenvalue weighted by molar-refractivity contribution is -0.124. The highest BCUT2D eigenvalue weighted by molar-refractivity contribution is 4.51. The van der Waals surface area contributed by atoms with Crippen LogP contribution in [0, 0.1) is 0 Å². The van der Waals surface area contributed by atoms with Crippen LogP contribution >= 0.6 is 0 Å². The number of hydrogen-bond donors (Lipinski definition) is 1. The normalized spacial score (nSPS) is 12.0. The smallest absolute Gasteiger partial charge is 0.309 e. The largest absolute Gasteiger partial charge is 0.401 e. The van der Waals surface area contributed by atoms with Gasteiger partial charge in [0.15, 0.2) is 0 Å². The Hall–Kier alpha value is -0.250. The van der Waals surface area contributed by atoms with Crippen molar-refractivity contribution in [3.05, 3.63) is 0 Å². The molecule has 50 valence electrons. The molecule has 0 aromatic rings. The highest BCUT2D eigenvalue weighted by Gasteiger charge is 2.25. The van der Waals surface area contributed by atoms with Crippen molar-refractivity contribution >= 4 is 0 Å². The molecule has 0 radical (unpaired) electrons. The molecule has 0 saturated heterocycles. The van der Waals surface area contributed by atoms with Crippen LogP contribution in [0.5, 0.6) is 0 Å². The fourth-order valence-electron chi connectivity index (χ4n) is 0.267. The van der Waals surface area contributed by atoms with Gasteiger partial charge < -0.3 is 5.32 Å². The van der Waals surface area contributed by atoms with Gasteiger partial charge in [-0.2, -0.15) is 13.2 Å². The highest BCUT2D eigenvalue weighted by Crippen LogP contribution is 2.11. The van der Waals surface area contributed by atoms with Crippen LogP contribution in [0.25, 0.3) is 0 Å². The van der Waals surface area contributed by atoms with Gasteiger partial charge in [0.2, 0.25) is 0 Å². The van der Waals surface area contributed by atoms with Gasteiger partial charge in [-0.25, -0.2) is 0 Å². The Balaban J connectivity index is 3.11. The van der Waals surface area contributed by atoms with Crippen LogP contribution in [0.15, 0.2) is 0 Å². The molecule has 0 fully saturated rings. The molecule has 0 saturated carbocycles. The van der Waals surface area contributed by atoms with Crippen LogP contribution in [0.3, 0.4) is 0 Å². The fourth-order valence-corrected chi connectivity index (χ4v) is 0.267. The summed E-state index contributed by atoms with van der Waals surface area (Å²) >= 11 is 0. The minimum atomic E-state index is -4.06. The SMILES string of the molecule is CCNCC(F)(F)F. The molecule has 0 aromatic carbocycles. The van der Waals surface area contributed by atoms with Crippen molar-refractivity contribution in [1.29, 1.82) is 0 Å². The van der Waals surface area contributed by atoms with Gasteiger partial charge in [0.05, 0.1) is 6.54 Å². The average Bonchev–Trinajstić information content (AvgIpc) is 1.59. The Morgan fingerprint density at radius 1 is 1.38 bits per heavy atom. The van der Waals surface area contributed by atoms with Crippen molar-refractivity contribution < 1.29 is 13.2 Å². The van der Waals surface area contributed by atoms with Crippen molar-refractivity contribution in [3.8, 4) is 0 Å². The van der Waals surface area contributed by atoms with Gasteiger partial charge in [-0.1, -0.05) is 6.92 Å². The Bertz CT molecular complexity index is 58.8. The zero-order valence-corrected chi connectivity index (χ0v) is 4.55. The second kappa shape index (κ2) is 2.91. The molecule has 0 unspecified atom stereocenters. The predicted octanol–water partition coefficient (Wildman–Crippen LogP) is 1.16. The Labute approximate surface area is 45.9 Å². The van der Waals surface area contributed by atoms with Crippen LogP contribution in [-0.4, -0.2) is 19.3 Å². The second-order valence-corrected chi connectivity index (χ2v) is 1.40. The molecule has 4 heteroatoms. The summed E-state index contributed by atoms with van der Waals surface area (Å²) in [4.78, 5) is 0. The van der Waals surface area contributed by atoms with Gasteiger partial charge in [-0.15, -0.1) is 0 Å².